The molecule has 1 aromatic carbocycles. The number of anilines is 1. The van der Waals surface area contributed by atoms with Crippen LogP contribution < -0.4 is 4.90 Å². The van der Waals surface area contributed by atoms with Gasteiger partial charge >= 0.3 is 5.97 Å². The number of hydrogen-bond donors (Lipinski definition) is 0. The van der Waals surface area contributed by atoms with Crippen LogP contribution in [0.1, 0.15) is 6.92 Å². The SMILES string of the molecule is CCOC(=O)C1[C@@H]2C(=O)N(c3ccc(Cl)cc3)C(=O)[C@@H]12. The Balaban J connectivity index is 1.80. The third-order valence-electron chi connectivity index (χ3n) is 3.67. The zero-order chi connectivity index (χ0) is 14.4. The quantitative estimate of drug-likeness (QED) is 0.628. The van der Waals surface area contributed by atoms with Crippen LogP contribution in [-0.4, -0.2) is 24.4 Å². The van der Waals surface area contributed by atoms with Crippen molar-refractivity contribution in [3.05, 3.63) is 29.3 Å². The molecule has 6 heteroatoms. The Morgan fingerprint density at radius 1 is 1.20 bits per heavy atom. The van der Waals surface area contributed by atoms with Crippen molar-refractivity contribution in [2.45, 2.75) is 6.92 Å². The van der Waals surface area contributed by atoms with Crippen molar-refractivity contribution in [2.75, 3.05) is 11.5 Å². The molecule has 2 aliphatic rings. The predicted octanol–water partition coefficient (Wildman–Crippen LogP) is 1.64. The Morgan fingerprint density at radius 3 is 2.25 bits per heavy atom. The Kier molecular flexibility index (Phi) is 3.01. The highest BCUT2D eigenvalue weighted by atomic mass is 35.5. The summed E-state index contributed by atoms with van der Waals surface area (Å²) in [5, 5.41) is 0.530. The van der Waals surface area contributed by atoms with Gasteiger partial charge in [-0.25, -0.2) is 0 Å². The monoisotopic (exact) mass is 293 g/mol. The van der Waals surface area contributed by atoms with Crippen LogP contribution >= 0.6 is 11.6 Å². The number of ether oxygens (including phenoxy) is 1. The van der Waals surface area contributed by atoms with E-state index in [-0.39, 0.29) is 18.4 Å². The average Bonchev–Trinajstić information content (AvgIpc) is 3.11. The predicted molar refractivity (Wildman–Crippen MR) is 71.0 cm³/mol. The number of rotatable bonds is 3. The number of nitrogens with zero attached hydrogens (tertiary/aromatic N) is 1. The zero-order valence-corrected chi connectivity index (χ0v) is 11.5. The van der Waals surface area contributed by atoms with Gasteiger partial charge in [0.25, 0.3) is 0 Å². The van der Waals surface area contributed by atoms with E-state index in [9.17, 15) is 14.4 Å². The third kappa shape index (κ3) is 1.81. The lowest BCUT2D eigenvalue weighted by molar-refractivity contribution is -0.147. The van der Waals surface area contributed by atoms with E-state index >= 15 is 0 Å². The van der Waals surface area contributed by atoms with Crippen molar-refractivity contribution in [3.8, 4) is 0 Å². The fourth-order valence-corrected chi connectivity index (χ4v) is 2.83. The fourth-order valence-electron chi connectivity index (χ4n) is 2.71. The number of fused-ring (bicyclic) bond motifs is 1. The smallest absolute Gasteiger partial charge is 0.310 e. The molecule has 1 aliphatic carbocycles. The molecule has 1 aliphatic heterocycles. The third-order valence-corrected chi connectivity index (χ3v) is 3.93. The molecule has 0 unspecified atom stereocenters. The van der Waals surface area contributed by atoms with Gasteiger partial charge in [0.2, 0.25) is 11.8 Å². The molecular weight excluding hydrogens is 282 g/mol. The first-order valence-electron chi connectivity index (χ1n) is 6.36. The lowest BCUT2D eigenvalue weighted by Crippen LogP contribution is -2.36. The lowest BCUT2D eigenvalue weighted by atomic mass is 10.2. The molecule has 2 amide bonds. The molecule has 20 heavy (non-hydrogen) atoms. The van der Waals surface area contributed by atoms with Crippen molar-refractivity contribution in [1.82, 2.24) is 0 Å². The van der Waals surface area contributed by atoms with E-state index in [2.05, 4.69) is 0 Å². The van der Waals surface area contributed by atoms with Crippen LogP contribution in [0.4, 0.5) is 5.69 Å². The number of hydrogen-bond acceptors (Lipinski definition) is 4. The molecular formula is C14H12ClNO4. The van der Waals surface area contributed by atoms with E-state index in [4.69, 9.17) is 16.3 Å². The lowest BCUT2D eigenvalue weighted by Gasteiger charge is -2.18. The highest BCUT2D eigenvalue weighted by molar-refractivity contribution is 6.31. The van der Waals surface area contributed by atoms with Gasteiger partial charge in [0, 0.05) is 5.02 Å². The maximum atomic E-state index is 12.2. The van der Waals surface area contributed by atoms with Crippen molar-refractivity contribution in [3.63, 3.8) is 0 Å². The van der Waals surface area contributed by atoms with Crippen LogP contribution in [0, 0.1) is 17.8 Å². The number of halogens is 1. The molecule has 1 saturated carbocycles. The van der Waals surface area contributed by atoms with Gasteiger partial charge in [-0.15, -0.1) is 0 Å². The number of carbonyl (C=O) groups is 3. The van der Waals surface area contributed by atoms with Crippen LogP contribution in [0.25, 0.3) is 0 Å². The summed E-state index contributed by atoms with van der Waals surface area (Å²) in [7, 11) is 0. The van der Waals surface area contributed by atoms with E-state index in [1.54, 1.807) is 31.2 Å². The molecule has 2 atom stereocenters. The van der Waals surface area contributed by atoms with E-state index < -0.39 is 23.7 Å². The van der Waals surface area contributed by atoms with Gasteiger partial charge in [-0.1, -0.05) is 11.6 Å². The first-order chi connectivity index (χ1) is 9.56. The maximum Gasteiger partial charge on any atom is 0.310 e. The van der Waals surface area contributed by atoms with Crippen LogP contribution in [0.15, 0.2) is 24.3 Å². The first-order valence-corrected chi connectivity index (χ1v) is 6.74. The second-order valence-electron chi connectivity index (χ2n) is 4.82. The Labute approximate surface area is 120 Å². The molecule has 3 rings (SSSR count). The fraction of sp³-hybridized carbons (Fsp3) is 0.357. The van der Waals surface area contributed by atoms with E-state index in [0.717, 1.165) is 4.90 Å². The van der Waals surface area contributed by atoms with E-state index in [0.29, 0.717) is 10.7 Å². The molecule has 0 N–H and O–H groups in total. The number of imide groups is 1. The number of esters is 1. The molecule has 104 valence electrons. The zero-order valence-electron chi connectivity index (χ0n) is 10.7. The molecule has 1 saturated heterocycles. The second-order valence-corrected chi connectivity index (χ2v) is 5.25. The molecule has 1 aromatic rings. The van der Waals surface area contributed by atoms with Gasteiger partial charge in [-0.05, 0) is 31.2 Å². The Bertz CT molecular complexity index is 576. The van der Waals surface area contributed by atoms with Crippen molar-refractivity contribution >= 4 is 35.1 Å². The van der Waals surface area contributed by atoms with Crippen LogP contribution in [-0.2, 0) is 19.1 Å². The minimum atomic E-state index is -0.599. The number of piperidine rings is 1. The normalized spacial score (nSPS) is 27.5. The van der Waals surface area contributed by atoms with Gasteiger partial charge in [0.15, 0.2) is 0 Å². The van der Waals surface area contributed by atoms with Gasteiger partial charge < -0.3 is 4.74 Å². The largest absolute Gasteiger partial charge is 0.466 e. The van der Waals surface area contributed by atoms with Crippen molar-refractivity contribution in [1.29, 1.82) is 0 Å². The molecule has 2 fully saturated rings. The van der Waals surface area contributed by atoms with E-state index in [1.165, 1.54) is 0 Å². The van der Waals surface area contributed by atoms with Gasteiger partial charge in [0.1, 0.15) is 0 Å². The van der Waals surface area contributed by atoms with Gasteiger partial charge in [-0.2, -0.15) is 0 Å². The Hall–Kier alpha value is -1.88. The molecule has 0 aromatic heterocycles. The second kappa shape index (κ2) is 4.59. The summed E-state index contributed by atoms with van der Waals surface area (Å²) in [5.41, 5.74) is 0.485. The number of carbonyl (C=O) groups excluding carboxylic acids is 3. The first kappa shape index (κ1) is 13.1. The molecule has 5 nitrogen and oxygen atoms in total. The number of amides is 2. The Morgan fingerprint density at radius 2 is 1.75 bits per heavy atom. The van der Waals surface area contributed by atoms with Crippen LogP contribution in [0.2, 0.25) is 5.02 Å². The molecule has 1 heterocycles. The summed E-state index contributed by atoms with van der Waals surface area (Å²) in [5.74, 6) is -2.84. The van der Waals surface area contributed by atoms with Crippen molar-refractivity contribution < 1.29 is 19.1 Å². The highest BCUT2D eigenvalue weighted by Crippen LogP contribution is 2.54. The molecule has 0 bridgehead atoms. The summed E-state index contributed by atoms with van der Waals surface area (Å²) in [6.45, 7) is 1.94. The van der Waals surface area contributed by atoms with E-state index in [1.807, 2.05) is 0 Å². The summed E-state index contributed by atoms with van der Waals surface area (Å²) in [6, 6.07) is 6.46. The van der Waals surface area contributed by atoms with Gasteiger partial charge in [-0.3, -0.25) is 19.3 Å². The summed E-state index contributed by atoms with van der Waals surface area (Å²) >= 11 is 5.78. The molecule has 0 radical (unpaired) electrons. The highest BCUT2D eigenvalue weighted by Gasteiger charge is 2.71. The maximum absolute atomic E-state index is 12.2. The summed E-state index contributed by atoms with van der Waals surface area (Å²) in [6.07, 6.45) is 0. The number of benzene rings is 1. The van der Waals surface area contributed by atoms with Crippen LogP contribution in [0.5, 0.6) is 0 Å². The molecule has 0 spiro atoms. The average molecular weight is 294 g/mol. The summed E-state index contributed by atoms with van der Waals surface area (Å²) < 4.78 is 4.88. The summed E-state index contributed by atoms with van der Waals surface area (Å²) in [4.78, 5) is 37.2. The minimum absolute atomic E-state index is 0.248. The topological polar surface area (TPSA) is 63.7 Å². The standard InChI is InChI=1S/C14H12ClNO4/c1-2-20-14(19)11-9-10(11)13(18)16(12(9)17)8-5-3-7(15)4-6-8/h3-6,9-11H,2H2,1H3/t9-,10-/m1/s1. The minimum Gasteiger partial charge on any atom is -0.466 e. The van der Waals surface area contributed by atoms with Crippen LogP contribution in [0.3, 0.4) is 0 Å². The van der Waals surface area contributed by atoms with Crippen molar-refractivity contribution in [2.24, 2.45) is 17.8 Å². The van der Waals surface area contributed by atoms with Gasteiger partial charge in [0.05, 0.1) is 30.0 Å².